The van der Waals surface area contributed by atoms with Crippen LogP contribution in [0, 0.1) is 3.57 Å². The number of halogens is 2. The van der Waals surface area contributed by atoms with Gasteiger partial charge in [0.1, 0.15) is 5.82 Å². The lowest BCUT2D eigenvalue weighted by molar-refractivity contribution is 0.963. The van der Waals surface area contributed by atoms with Gasteiger partial charge >= 0.3 is 0 Å². The fraction of sp³-hybridized carbons (Fsp3) is 0.231. The molecule has 2 rings (SSSR count). The predicted octanol–water partition coefficient (Wildman–Crippen LogP) is 4.22. The zero-order valence-corrected chi connectivity index (χ0v) is 12.9. The van der Waals surface area contributed by atoms with Crippen molar-refractivity contribution in [1.29, 1.82) is 0 Å². The van der Waals surface area contributed by atoms with Gasteiger partial charge in [-0.05, 0) is 41.1 Å². The maximum atomic E-state index is 6.15. The number of hydrogen-bond donors (Lipinski definition) is 1. The molecule has 1 heterocycles. The Bertz CT molecular complexity index is 546. The molecule has 0 bridgehead atoms. The van der Waals surface area contributed by atoms with Crippen LogP contribution in [-0.4, -0.2) is 16.5 Å². The molecule has 1 aromatic heterocycles. The third-order valence-electron chi connectivity index (χ3n) is 2.40. The molecule has 1 aromatic carbocycles. The normalized spacial score (nSPS) is 10.4. The van der Waals surface area contributed by atoms with Gasteiger partial charge in [-0.15, -0.1) is 0 Å². The standard InChI is InChI=1S/C13H13ClIN3/c1-2-7-16-13-11(15)8-17-12(18-13)9-5-3-4-6-10(9)14/h3-6,8H,2,7H2,1H3,(H,16,17,18). The lowest BCUT2D eigenvalue weighted by Gasteiger charge is -2.08. The first-order chi connectivity index (χ1) is 8.72. The van der Waals surface area contributed by atoms with Crippen LogP contribution in [-0.2, 0) is 0 Å². The summed E-state index contributed by atoms with van der Waals surface area (Å²) in [6.07, 6.45) is 2.87. The van der Waals surface area contributed by atoms with E-state index in [1.165, 1.54) is 0 Å². The zero-order valence-electron chi connectivity index (χ0n) is 9.95. The van der Waals surface area contributed by atoms with E-state index in [4.69, 9.17) is 11.6 Å². The molecule has 94 valence electrons. The molecule has 0 aliphatic rings. The molecule has 0 fully saturated rings. The van der Waals surface area contributed by atoms with Crippen LogP contribution in [0.4, 0.5) is 5.82 Å². The van der Waals surface area contributed by atoms with Crippen LogP contribution in [0.3, 0.4) is 0 Å². The fourth-order valence-corrected chi connectivity index (χ4v) is 2.18. The average Bonchev–Trinajstić information content (AvgIpc) is 2.39. The third-order valence-corrected chi connectivity index (χ3v) is 3.52. The Morgan fingerprint density at radius 3 is 2.83 bits per heavy atom. The summed E-state index contributed by atoms with van der Waals surface area (Å²) in [5, 5.41) is 3.96. The summed E-state index contributed by atoms with van der Waals surface area (Å²) in [7, 11) is 0. The SMILES string of the molecule is CCCNc1nc(-c2ccccc2Cl)ncc1I. The van der Waals surface area contributed by atoms with E-state index >= 15 is 0 Å². The van der Waals surface area contributed by atoms with Crippen molar-refractivity contribution >= 4 is 40.0 Å². The Kier molecular flexibility index (Phi) is 4.77. The average molecular weight is 374 g/mol. The molecule has 5 heteroatoms. The maximum absolute atomic E-state index is 6.15. The Morgan fingerprint density at radius 1 is 1.33 bits per heavy atom. The lowest BCUT2D eigenvalue weighted by atomic mass is 10.2. The molecule has 0 unspecified atom stereocenters. The fourth-order valence-electron chi connectivity index (χ4n) is 1.51. The van der Waals surface area contributed by atoms with Crippen LogP contribution in [0.15, 0.2) is 30.5 Å². The van der Waals surface area contributed by atoms with Crippen molar-refractivity contribution < 1.29 is 0 Å². The van der Waals surface area contributed by atoms with Gasteiger partial charge in [0.05, 0.1) is 8.59 Å². The molecule has 0 radical (unpaired) electrons. The van der Waals surface area contributed by atoms with Gasteiger partial charge in [0, 0.05) is 18.3 Å². The van der Waals surface area contributed by atoms with Crippen LogP contribution >= 0.6 is 34.2 Å². The smallest absolute Gasteiger partial charge is 0.163 e. The highest BCUT2D eigenvalue weighted by molar-refractivity contribution is 14.1. The monoisotopic (exact) mass is 373 g/mol. The molecular formula is C13H13ClIN3. The van der Waals surface area contributed by atoms with E-state index in [1.54, 1.807) is 0 Å². The Labute approximate surface area is 125 Å². The first-order valence-electron chi connectivity index (χ1n) is 5.73. The summed E-state index contributed by atoms with van der Waals surface area (Å²) in [6, 6.07) is 7.60. The highest BCUT2D eigenvalue weighted by atomic mass is 127. The number of benzene rings is 1. The van der Waals surface area contributed by atoms with Gasteiger partial charge in [-0.1, -0.05) is 30.7 Å². The molecule has 2 aromatic rings. The lowest BCUT2D eigenvalue weighted by Crippen LogP contribution is -2.05. The second kappa shape index (κ2) is 6.33. The zero-order chi connectivity index (χ0) is 13.0. The van der Waals surface area contributed by atoms with Gasteiger partial charge in [-0.3, -0.25) is 0 Å². The van der Waals surface area contributed by atoms with Crippen LogP contribution in [0.1, 0.15) is 13.3 Å². The molecule has 0 atom stereocenters. The van der Waals surface area contributed by atoms with Gasteiger partial charge in [-0.2, -0.15) is 0 Å². The van der Waals surface area contributed by atoms with Crippen LogP contribution in [0.5, 0.6) is 0 Å². The minimum Gasteiger partial charge on any atom is -0.369 e. The molecule has 1 N–H and O–H groups in total. The Hall–Kier alpha value is -0.880. The van der Waals surface area contributed by atoms with Crippen molar-refractivity contribution in [3.8, 4) is 11.4 Å². The first-order valence-corrected chi connectivity index (χ1v) is 7.19. The molecular weight excluding hydrogens is 361 g/mol. The highest BCUT2D eigenvalue weighted by Crippen LogP contribution is 2.26. The number of aromatic nitrogens is 2. The van der Waals surface area contributed by atoms with Crippen LogP contribution < -0.4 is 5.32 Å². The number of nitrogens with one attached hydrogen (secondary N) is 1. The van der Waals surface area contributed by atoms with E-state index in [2.05, 4.69) is 44.8 Å². The Balaban J connectivity index is 2.38. The second-order valence-electron chi connectivity index (χ2n) is 3.80. The van der Waals surface area contributed by atoms with Gasteiger partial charge in [0.2, 0.25) is 0 Å². The highest BCUT2D eigenvalue weighted by Gasteiger charge is 2.09. The maximum Gasteiger partial charge on any atom is 0.163 e. The number of rotatable bonds is 4. The van der Waals surface area contributed by atoms with E-state index in [9.17, 15) is 0 Å². The van der Waals surface area contributed by atoms with Crippen LogP contribution in [0.2, 0.25) is 5.02 Å². The van der Waals surface area contributed by atoms with E-state index in [-0.39, 0.29) is 0 Å². The van der Waals surface area contributed by atoms with Gasteiger partial charge < -0.3 is 5.32 Å². The minimum atomic E-state index is 0.652. The quantitative estimate of drug-likeness (QED) is 0.815. The largest absolute Gasteiger partial charge is 0.369 e. The number of nitrogens with zero attached hydrogens (tertiary/aromatic N) is 2. The molecule has 0 amide bonds. The van der Waals surface area contributed by atoms with E-state index < -0.39 is 0 Å². The third kappa shape index (κ3) is 3.11. The first kappa shape index (κ1) is 13.5. The van der Waals surface area contributed by atoms with Gasteiger partial charge in [-0.25, -0.2) is 9.97 Å². The molecule has 18 heavy (non-hydrogen) atoms. The number of hydrogen-bond acceptors (Lipinski definition) is 3. The van der Waals surface area contributed by atoms with Crippen molar-refractivity contribution in [2.75, 3.05) is 11.9 Å². The van der Waals surface area contributed by atoms with Crippen molar-refractivity contribution in [3.63, 3.8) is 0 Å². The summed E-state index contributed by atoms with van der Waals surface area (Å²) in [5.41, 5.74) is 0.857. The second-order valence-corrected chi connectivity index (χ2v) is 5.37. The minimum absolute atomic E-state index is 0.652. The van der Waals surface area contributed by atoms with Crippen molar-refractivity contribution in [3.05, 3.63) is 39.1 Å². The number of anilines is 1. The molecule has 0 saturated carbocycles. The predicted molar refractivity (Wildman–Crippen MR) is 84.0 cm³/mol. The van der Waals surface area contributed by atoms with Crippen LogP contribution in [0.25, 0.3) is 11.4 Å². The van der Waals surface area contributed by atoms with Crippen molar-refractivity contribution in [1.82, 2.24) is 9.97 Å². The van der Waals surface area contributed by atoms with Crippen molar-refractivity contribution in [2.24, 2.45) is 0 Å². The summed E-state index contributed by atoms with van der Waals surface area (Å²) in [4.78, 5) is 8.86. The molecule has 0 aliphatic heterocycles. The summed E-state index contributed by atoms with van der Waals surface area (Å²) < 4.78 is 1.01. The summed E-state index contributed by atoms with van der Waals surface area (Å²) in [5.74, 6) is 1.52. The van der Waals surface area contributed by atoms with E-state index in [1.807, 2.05) is 30.5 Å². The molecule has 0 spiro atoms. The van der Waals surface area contributed by atoms with Gasteiger partial charge in [0.25, 0.3) is 0 Å². The molecule has 3 nitrogen and oxygen atoms in total. The topological polar surface area (TPSA) is 37.8 Å². The Morgan fingerprint density at radius 2 is 2.11 bits per heavy atom. The van der Waals surface area contributed by atoms with E-state index in [0.717, 1.165) is 27.9 Å². The summed E-state index contributed by atoms with van der Waals surface area (Å²) >= 11 is 8.38. The van der Waals surface area contributed by atoms with Crippen molar-refractivity contribution in [2.45, 2.75) is 13.3 Å². The van der Waals surface area contributed by atoms with E-state index in [0.29, 0.717) is 10.8 Å². The summed E-state index contributed by atoms with van der Waals surface area (Å²) in [6.45, 7) is 3.02. The molecule has 0 saturated heterocycles. The van der Waals surface area contributed by atoms with Gasteiger partial charge in [0.15, 0.2) is 5.82 Å². The molecule has 0 aliphatic carbocycles.